The highest BCUT2D eigenvalue weighted by molar-refractivity contribution is 5.82. The van der Waals surface area contributed by atoms with Crippen molar-refractivity contribution < 1.29 is 4.79 Å². The van der Waals surface area contributed by atoms with Crippen LogP contribution in [0.5, 0.6) is 0 Å². The van der Waals surface area contributed by atoms with Gasteiger partial charge in [-0.1, -0.05) is 20.8 Å². The topological polar surface area (TPSA) is 58.4 Å². The normalized spacial score (nSPS) is 18.6. The van der Waals surface area contributed by atoms with Gasteiger partial charge in [-0.3, -0.25) is 4.79 Å². The summed E-state index contributed by atoms with van der Waals surface area (Å²) >= 11 is 0. The summed E-state index contributed by atoms with van der Waals surface area (Å²) in [7, 11) is 2.10. The fraction of sp³-hybridized carbons (Fsp3) is 0.917. The molecule has 1 atom stereocenters. The Labute approximate surface area is 98.6 Å². The van der Waals surface area contributed by atoms with Crippen molar-refractivity contribution >= 4 is 5.91 Å². The van der Waals surface area contributed by atoms with Crippen LogP contribution in [-0.4, -0.2) is 43.0 Å². The molecule has 0 heterocycles. The molecule has 3 N–H and O–H groups in total. The van der Waals surface area contributed by atoms with E-state index in [0.717, 1.165) is 12.6 Å². The van der Waals surface area contributed by atoms with Gasteiger partial charge in [0.1, 0.15) is 0 Å². The SMILES string of the molecule is CN(CCNC(=O)[C@H](N)C(C)(C)C)C1CC1. The van der Waals surface area contributed by atoms with Gasteiger partial charge >= 0.3 is 0 Å². The van der Waals surface area contributed by atoms with Gasteiger partial charge in [0.25, 0.3) is 0 Å². The first-order chi connectivity index (χ1) is 7.32. The van der Waals surface area contributed by atoms with Gasteiger partial charge in [-0.2, -0.15) is 0 Å². The smallest absolute Gasteiger partial charge is 0.237 e. The van der Waals surface area contributed by atoms with E-state index in [9.17, 15) is 4.79 Å². The second-order valence-corrected chi connectivity index (χ2v) is 5.85. The molecule has 4 nitrogen and oxygen atoms in total. The fourth-order valence-electron chi connectivity index (χ4n) is 1.56. The molecule has 1 aliphatic rings. The number of carbonyl (C=O) groups excluding carboxylic acids is 1. The zero-order valence-corrected chi connectivity index (χ0v) is 10.9. The molecule has 94 valence electrons. The standard InChI is InChI=1S/C12H25N3O/c1-12(2,3)10(13)11(16)14-7-8-15(4)9-5-6-9/h9-10H,5-8,13H2,1-4H3,(H,14,16)/t10-/m0/s1. The van der Waals surface area contributed by atoms with Crippen LogP contribution in [0, 0.1) is 5.41 Å². The van der Waals surface area contributed by atoms with Crippen LogP contribution < -0.4 is 11.1 Å². The number of hydrogen-bond donors (Lipinski definition) is 2. The second-order valence-electron chi connectivity index (χ2n) is 5.85. The van der Waals surface area contributed by atoms with Gasteiger partial charge in [0.15, 0.2) is 0 Å². The molecule has 1 saturated carbocycles. The molecule has 0 radical (unpaired) electrons. The van der Waals surface area contributed by atoms with E-state index in [2.05, 4.69) is 17.3 Å². The Hall–Kier alpha value is -0.610. The number of nitrogens with two attached hydrogens (primary N) is 1. The lowest BCUT2D eigenvalue weighted by Gasteiger charge is -2.26. The summed E-state index contributed by atoms with van der Waals surface area (Å²) in [5.41, 5.74) is 5.68. The predicted octanol–water partition coefficient (Wildman–Crippen LogP) is 0.570. The Morgan fingerprint density at radius 2 is 2.06 bits per heavy atom. The van der Waals surface area contributed by atoms with Crippen LogP contribution in [0.4, 0.5) is 0 Å². The van der Waals surface area contributed by atoms with Crippen molar-refractivity contribution in [1.82, 2.24) is 10.2 Å². The van der Waals surface area contributed by atoms with Crippen LogP contribution in [-0.2, 0) is 4.79 Å². The summed E-state index contributed by atoms with van der Waals surface area (Å²) < 4.78 is 0. The Bertz CT molecular complexity index is 243. The minimum absolute atomic E-state index is 0.0447. The number of hydrogen-bond acceptors (Lipinski definition) is 3. The van der Waals surface area contributed by atoms with Gasteiger partial charge in [0.2, 0.25) is 5.91 Å². The summed E-state index contributed by atoms with van der Waals surface area (Å²) in [6.07, 6.45) is 2.60. The van der Waals surface area contributed by atoms with E-state index in [1.54, 1.807) is 0 Å². The van der Waals surface area contributed by atoms with E-state index in [4.69, 9.17) is 5.73 Å². The monoisotopic (exact) mass is 227 g/mol. The van der Waals surface area contributed by atoms with E-state index in [1.807, 2.05) is 20.8 Å². The van der Waals surface area contributed by atoms with Crippen molar-refractivity contribution in [3.05, 3.63) is 0 Å². The summed E-state index contributed by atoms with van der Waals surface area (Å²) in [4.78, 5) is 14.0. The minimum atomic E-state index is -0.432. The van der Waals surface area contributed by atoms with E-state index in [1.165, 1.54) is 12.8 Å². The van der Waals surface area contributed by atoms with Gasteiger partial charge in [-0.15, -0.1) is 0 Å². The lowest BCUT2D eigenvalue weighted by Crippen LogP contribution is -2.49. The van der Waals surface area contributed by atoms with Crippen molar-refractivity contribution in [3.63, 3.8) is 0 Å². The van der Waals surface area contributed by atoms with Crippen LogP contribution in [0.25, 0.3) is 0 Å². The first-order valence-electron chi connectivity index (χ1n) is 6.06. The second kappa shape index (κ2) is 5.15. The van der Waals surface area contributed by atoms with Crippen LogP contribution in [0.2, 0.25) is 0 Å². The van der Waals surface area contributed by atoms with Gasteiger partial charge in [-0.05, 0) is 25.3 Å². The number of nitrogens with one attached hydrogen (secondary N) is 1. The number of rotatable bonds is 5. The average molecular weight is 227 g/mol. The molecule has 0 unspecified atom stereocenters. The quantitative estimate of drug-likeness (QED) is 0.722. The molecule has 0 aromatic carbocycles. The maximum absolute atomic E-state index is 11.7. The zero-order valence-electron chi connectivity index (χ0n) is 10.9. The first-order valence-corrected chi connectivity index (χ1v) is 6.06. The van der Waals surface area contributed by atoms with Gasteiger partial charge < -0.3 is 16.0 Å². The molecule has 1 fully saturated rings. The third kappa shape index (κ3) is 4.10. The molecule has 1 amide bonds. The highest BCUT2D eigenvalue weighted by Gasteiger charge is 2.28. The number of carbonyl (C=O) groups is 1. The Morgan fingerprint density at radius 1 is 1.50 bits per heavy atom. The van der Waals surface area contributed by atoms with Crippen LogP contribution in [0.1, 0.15) is 33.6 Å². The molecule has 0 aromatic rings. The summed E-state index contributed by atoms with van der Waals surface area (Å²) in [5.74, 6) is -0.0447. The minimum Gasteiger partial charge on any atom is -0.353 e. The molecule has 1 rings (SSSR count). The van der Waals surface area contributed by atoms with E-state index < -0.39 is 6.04 Å². The molecule has 0 bridgehead atoms. The summed E-state index contributed by atoms with van der Waals surface area (Å²) in [6.45, 7) is 7.54. The maximum Gasteiger partial charge on any atom is 0.237 e. The van der Waals surface area contributed by atoms with Crippen molar-refractivity contribution in [1.29, 1.82) is 0 Å². The highest BCUT2D eigenvalue weighted by atomic mass is 16.2. The van der Waals surface area contributed by atoms with Crippen molar-refractivity contribution in [2.75, 3.05) is 20.1 Å². The molecule has 16 heavy (non-hydrogen) atoms. The molecule has 0 spiro atoms. The Balaban J connectivity index is 2.19. The summed E-state index contributed by atoms with van der Waals surface area (Å²) in [5, 5.41) is 2.90. The van der Waals surface area contributed by atoms with Gasteiger partial charge in [0, 0.05) is 19.1 Å². The Morgan fingerprint density at radius 3 is 2.50 bits per heavy atom. The van der Waals surface area contributed by atoms with Crippen molar-refractivity contribution in [2.45, 2.75) is 45.7 Å². The lowest BCUT2D eigenvalue weighted by atomic mass is 9.87. The van der Waals surface area contributed by atoms with Gasteiger partial charge in [0.05, 0.1) is 6.04 Å². The van der Waals surface area contributed by atoms with Crippen molar-refractivity contribution in [2.24, 2.45) is 11.1 Å². The molecule has 0 aliphatic heterocycles. The zero-order chi connectivity index (χ0) is 12.3. The third-order valence-corrected chi connectivity index (χ3v) is 3.15. The van der Waals surface area contributed by atoms with E-state index in [-0.39, 0.29) is 11.3 Å². The van der Waals surface area contributed by atoms with E-state index >= 15 is 0 Å². The van der Waals surface area contributed by atoms with Crippen LogP contribution in [0.3, 0.4) is 0 Å². The first kappa shape index (κ1) is 13.5. The van der Waals surface area contributed by atoms with E-state index in [0.29, 0.717) is 6.54 Å². The molecular formula is C12H25N3O. The molecule has 4 heteroatoms. The number of nitrogens with zero attached hydrogens (tertiary/aromatic N) is 1. The van der Waals surface area contributed by atoms with Crippen LogP contribution >= 0.6 is 0 Å². The lowest BCUT2D eigenvalue weighted by molar-refractivity contribution is -0.124. The maximum atomic E-state index is 11.7. The molecule has 0 aromatic heterocycles. The average Bonchev–Trinajstić information content (AvgIpc) is 2.97. The number of amides is 1. The highest BCUT2D eigenvalue weighted by Crippen LogP contribution is 2.24. The Kier molecular flexibility index (Phi) is 4.33. The van der Waals surface area contributed by atoms with Gasteiger partial charge in [-0.25, -0.2) is 0 Å². The van der Waals surface area contributed by atoms with Crippen molar-refractivity contribution in [3.8, 4) is 0 Å². The third-order valence-electron chi connectivity index (χ3n) is 3.15. The fourth-order valence-corrected chi connectivity index (χ4v) is 1.56. The molecule has 0 saturated heterocycles. The van der Waals surface area contributed by atoms with Crippen LogP contribution in [0.15, 0.2) is 0 Å². The molecule has 1 aliphatic carbocycles. The summed E-state index contributed by atoms with van der Waals surface area (Å²) in [6, 6.07) is 0.312. The molecular weight excluding hydrogens is 202 g/mol. The number of likely N-dealkylation sites (N-methyl/N-ethyl adjacent to an activating group) is 1. The largest absolute Gasteiger partial charge is 0.353 e. The predicted molar refractivity (Wildman–Crippen MR) is 66.1 cm³/mol.